The molecule has 6 heteroatoms. The molecular weight excluding hydrogens is 287 g/mol. The minimum Gasteiger partial charge on any atom is -0.363 e. The number of pyridine rings is 1. The van der Waals surface area contributed by atoms with Crippen LogP contribution in [0, 0.1) is 5.82 Å². The number of benzene rings is 1. The van der Waals surface area contributed by atoms with E-state index >= 15 is 0 Å². The summed E-state index contributed by atoms with van der Waals surface area (Å²) < 4.78 is 14.1. The number of fused-ring (bicyclic) bond motifs is 1. The SMILES string of the molecule is CNc1nnc(-c2cc(C(C)C)nc3c(F)cccc23)s1. The van der Waals surface area contributed by atoms with Gasteiger partial charge in [-0.05, 0) is 18.1 Å². The van der Waals surface area contributed by atoms with Crippen LogP contribution in [0.1, 0.15) is 25.5 Å². The number of anilines is 1. The van der Waals surface area contributed by atoms with Gasteiger partial charge in [0.2, 0.25) is 5.13 Å². The van der Waals surface area contributed by atoms with Crippen LogP contribution >= 0.6 is 11.3 Å². The van der Waals surface area contributed by atoms with Gasteiger partial charge in [-0.3, -0.25) is 0 Å². The minimum absolute atomic E-state index is 0.212. The van der Waals surface area contributed by atoms with Crippen molar-refractivity contribution in [3.8, 4) is 10.6 Å². The van der Waals surface area contributed by atoms with Crippen molar-refractivity contribution in [3.05, 3.63) is 35.8 Å². The van der Waals surface area contributed by atoms with Crippen LogP contribution < -0.4 is 5.32 Å². The van der Waals surface area contributed by atoms with Gasteiger partial charge in [-0.25, -0.2) is 9.37 Å². The van der Waals surface area contributed by atoms with Crippen LogP contribution in [-0.2, 0) is 0 Å². The number of para-hydroxylation sites is 1. The van der Waals surface area contributed by atoms with E-state index in [9.17, 15) is 4.39 Å². The number of aromatic nitrogens is 3. The van der Waals surface area contributed by atoms with Gasteiger partial charge in [-0.15, -0.1) is 10.2 Å². The molecule has 0 bridgehead atoms. The molecule has 0 amide bonds. The van der Waals surface area contributed by atoms with Gasteiger partial charge in [0.15, 0.2) is 0 Å². The van der Waals surface area contributed by atoms with Crippen LogP contribution in [0.4, 0.5) is 9.52 Å². The van der Waals surface area contributed by atoms with Gasteiger partial charge in [0, 0.05) is 23.7 Å². The molecule has 0 fully saturated rings. The highest BCUT2D eigenvalue weighted by atomic mass is 32.1. The van der Waals surface area contributed by atoms with E-state index < -0.39 is 0 Å². The monoisotopic (exact) mass is 302 g/mol. The summed E-state index contributed by atoms with van der Waals surface area (Å²) in [6.45, 7) is 4.08. The van der Waals surface area contributed by atoms with Crippen LogP contribution in [0.15, 0.2) is 24.3 Å². The quantitative estimate of drug-likeness (QED) is 0.792. The molecule has 4 nitrogen and oxygen atoms in total. The fourth-order valence-electron chi connectivity index (χ4n) is 2.14. The Morgan fingerprint density at radius 1 is 1.24 bits per heavy atom. The highest BCUT2D eigenvalue weighted by Crippen LogP contribution is 2.34. The van der Waals surface area contributed by atoms with E-state index in [0.29, 0.717) is 5.52 Å². The van der Waals surface area contributed by atoms with E-state index in [4.69, 9.17) is 0 Å². The lowest BCUT2D eigenvalue weighted by molar-refractivity contribution is 0.635. The summed E-state index contributed by atoms with van der Waals surface area (Å²) in [5.41, 5.74) is 2.12. The van der Waals surface area contributed by atoms with Crippen LogP contribution in [0.25, 0.3) is 21.5 Å². The number of halogens is 1. The standard InChI is InChI=1S/C15H15FN4S/c1-8(2)12-7-10(14-19-20-15(17-3)21-14)9-5-4-6-11(16)13(9)18-12/h4-8H,1-3H3,(H,17,20). The second-order valence-electron chi connectivity index (χ2n) is 5.05. The smallest absolute Gasteiger partial charge is 0.205 e. The second kappa shape index (κ2) is 5.37. The van der Waals surface area contributed by atoms with Crippen molar-refractivity contribution in [1.82, 2.24) is 15.2 Å². The number of hydrogen-bond acceptors (Lipinski definition) is 5. The molecule has 21 heavy (non-hydrogen) atoms. The highest BCUT2D eigenvalue weighted by Gasteiger charge is 2.15. The molecule has 108 valence electrons. The molecule has 0 aliphatic rings. The van der Waals surface area contributed by atoms with Crippen LogP contribution in [0.5, 0.6) is 0 Å². The molecule has 0 radical (unpaired) electrons. The van der Waals surface area contributed by atoms with Crippen molar-refractivity contribution in [2.24, 2.45) is 0 Å². The minimum atomic E-state index is -0.311. The maximum atomic E-state index is 14.1. The lowest BCUT2D eigenvalue weighted by Crippen LogP contribution is -1.97. The molecule has 0 aliphatic heterocycles. The molecule has 3 aromatic rings. The third-order valence-corrected chi connectivity index (χ3v) is 4.24. The lowest BCUT2D eigenvalue weighted by Gasteiger charge is -2.10. The zero-order valence-corrected chi connectivity index (χ0v) is 12.8. The third-order valence-electron chi connectivity index (χ3n) is 3.27. The normalized spacial score (nSPS) is 11.3. The Labute approximate surface area is 126 Å². The summed E-state index contributed by atoms with van der Waals surface area (Å²) in [5.74, 6) is -0.0981. The summed E-state index contributed by atoms with van der Waals surface area (Å²) in [6.07, 6.45) is 0. The van der Waals surface area contributed by atoms with Gasteiger partial charge in [0.25, 0.3) is 0 Å². The molecule has 0 unspecified atom stereocenters. The van der Waals surface area contributed by atoms with E-state index in [1.165, 1.54) is 17.4 Å². The lowest BCUT2D eigenvalue weighted by atomic mass is 10.0. The van der Waals surface area contributed by atoms with Crippen molar-refractivity contribution in [2.45, 2.75) is 19.8 Å². The average Bonchev–Trinajstić information content (AvgIpc) is 2.95. The number of rotatable bonds is 3. The van der Waals surface area contributed by atoms with Crippen LogP contribution in [0.2, 0.25) is 0 Å². The maximum Gasteiger partial charge on any atom is 0.205 e. The van der Waals surface area contributed by atoms with Gasteiger partial charge in [-0.2, -0.15) is 0 Å². The summed E-state index contributed by atoms with van der Waals surface area (Å²) in [4.78, 5) is 4.45. The Morgan fingerprint density at radius 2 is 2.05 bits per heavy atom. The molecule has 0 atom stereocenters. The Kier molecular flexibility index (Phi) is 3.55. The zero-order chi connectivity index (χ0) is 15.0. The Morgan fingerprint density at radius 3 is 2.71 bits per heavy atom. The first-order chi connectivity index (χ1) is 10.1. The first kappa shape index (κ1) is 13.9. The second-order valence-corrected chi connectivity index (χ2v) is 6.03. The molecule has 1 aromatic carbocycles. The molecule has 0 saturated carbocycles. The summed E-state index contributed by atoms with van der Waals surface area (Å²) >= 11 is 1.44. The predicted octanol–water partition coefficient (Wildman–Crippen LogP) is 4.06. The van der Waals surface area contributed by atoms with Crippen molar-refractivity contribution in [2.75, 3.05) is 12.4 Å². The largest absolute Gasteiger partial charge is 0.363 e. The van der Waals surface area contributed by atoms with Gasteiger partial charge >= 0.3 is 0 Å². The molecule has 2 heterocycles. The Balaban J connectivity index is 2.31. The van der Waals surface area contributed by atoms with E-state index in [0.717, 1.165) is 26.8 Å². The summed E-state index contributed by atoms with van der Waals surface area (Å²) in [5, 5.41) is 13.5. The molecule has 0 saturated heterocycles. The fraction of sp³-hybridized carbons (Fsp3) is 0.267. The third kappa shape index (κ3) is 2.47. The maximum absolute atomic E-state index is 14.1. The van der Waals surface area contributed by atoms with Crippen molar-refractivity contribution in [3.63, 3.8) is 0 Å². The molecule has 1 N–H and O–H groups in total. The summed E-state index contributed by atoms with van der Waals surface area (Å²) in [6, 6.07) is 6.97. The predicted molar refractivity (Wildman–Crippen MR) is 84.2 cm³/mol. The first-order valence-electron chi connectivity index (χ1n) is 6.71. The molecule has 0 spiro atoms. The molecule has 3 rings (SSSR count). The van der Waals surface area contributed by atoms with Gasteiger partial charge in [0.1, 0.15) is 16.3 Å². The number of nitrogens with zero attached hydrogens (tertiary/aromatic N) is 3. The Hall–Kier alpha value is -2.08. The van der Waals surface area contributed by atoms with E-state index in [2.05, 4.69) is 20.5 Å². The number of hydrogen-bond donors (Lipinski definition) is 1. The van der Waals surface area contributed by atoms with Crippen molar-refractivity contribution in [1.29, 1.82) is 0 Å². The fourth-order valence-corrected chi connectivity index (χ4v) is 2.87. The molecular formula is C15H15FN4S. The molecule has 0 aliphatic carbocycles. The van der Waals surface area contributed by atoms with Gasteiger partial charge in [0.05, 0.1) is 0 Å². The highest BCUT2D eigenvalue weighted by molar-refractivity contribution is 7.18. The number of nitrogens with one attached hydrogen (secondary N) is 1. The van der Waals surface area contributed by atoms with Gasteiger partial charge in [-0.1, -0.05) is 37.3 Å². The average molecular weight is 302 g/mol. The topological polar surface area (TPSA) is 50.7 Å². The van der Waals surface area contributed by atoms with E-state index in [-0.39, 0.29) is 11.7 Å². The van der Waals surface area contributed by atoms with Crippen LogP contribution in [0.3, 0.4) is 0 Å². The van der Waals surface area contributed by atoms with Crippen molar-refractivity contribution >= 4 is 27.4 Å². The molecule has 2 aromatic heterocycles. The first-order valence-corrected chi connectivity index (χ1v) is 7.52. The zero-order valence-electron chi connectivity index (χ0n) is 12.0. The summed E-state index contributed by atoms with van der Waals surface area (Å²) in [7, 11) is 1.80. The van der Waals surface area contributed by atoms with E-state index in [1.54, 1.807) is 13.1 Å². The van der Waals surface area contributed by atoms with Crippen molar-refractivity contribution < 1.29 is 4.39 Å². The van der Waals surface area contributed by atoms with Gasteiger partial charge < -0.3 is 5.32 Å². The van der Waals surface area contributed by atoms with Crippen LogP contribution in [-0.4, -0.2) is 22.2 Å². The Bertz CT molecular complexity index is 797. The van der Waals surface area contributed by atoms with E-state index in [1.807, 2.05) is 26.0 Å².